The van der Waals surface area contributed by atoms with E-state index in [1.165, 1.54) is 0 Å². The summed E-state index contributed by atoms with van der Waals surface area (Å²) in [5, 5.41) is 2.82. The van der Waals surface area contributed by atoms with Gasteiger partial charge < -0.3 is 19.2 Å². The van der Waals surface area contributed by atoms with Crippen LogP contribution in [0.25, 0.3) is 0 Å². The summed E-state index contributed by atoms with van der Waals surface area (Å²) in [5.41, 5.74) is 0.511. The molecule has 0 aliphatic carbocycles. The molecular formula is C14H32NO5PSi2. The molecule has 9 heteroatoms. The van der Waals surface area contributed by atoms with Crippen molar-refractivity contribution in [2.75, 3.05) is 12.7 Å². The summed E-state index contributed by atoms with van der Waals surface area (Å²) in [7, 11) is -7.67. The zero-order valence-corrected chi connectivity index (χ0v) is 17.9. The minimum atomic E-state index is -3.91. The van der Waals surface area contributed by atoms with Gasteiger partial charge in [0.2, 0.25) is 5.91 Å². The highest BCUT2D eigenvalue weighted by atomic mass is 31.2. The van der Waals surface area contributed by atoms with Crippen LogP contribution in [0, 0.1) is 0 Å². The Kier molecular flexibility index (Phi) is 9.19. The predicted octanol–water partition coefficient (Wildman–Crippen LogP) is 3.06. The summed E-state index contributed by atoms with van der Waals surface area (Å²) in [6.45, 7) is 14.4. The van der Waals surface area contributed by atoms with Crippen LogP contribution in [0.15, 0.2) is 12.2 Å². The van der Waals surface area contributed by atoms with E-state index in [-0.39, 0.29) is 12.1 Å². The molecule has 0 saturated carbocycles. The first-order valence-electron chi connectivity index (χ1n) is 7.93. The van der Waals surface area contributed by atoms with Gasteiger partial charge in [-0.3, -0.25) is 9.36 Å². The fraction of sp³-hybridized carbons (Fsp3) is 0.786. The van der Waals surface area contributed by atoms with Crippen LogP contribution in [0.3, 0.4) is 0 Å². The van der Waals surface area contributed by atoms with Crippen LogP contribution in [0.2, 0.25) is 38.3 Å². The molecular weight excluding hydrogens is 349 g/mol. The second kappa shape index (κ2) is 9.29. The molecule has 0 bridgehead atoms. The van der Waals surface area contributed by atoms with Gasteiger partial charge in [0.05, 0.1) is 0 Å². The highest BCUT2D eigenvalue weighted by Gasteiger charge is 2.32. The van der Waals surface area contributed by atoms with Crippen LogP contribution in [-0.2, 0) is 13.5 Å². The largest absolute Gasteiger partial charge is 0.455 e. The number of amides is 1. The predicted molar refractivity (Wildman–Crippen MR) is 99.6 cm³/mol. The van der Waals surface area contributed by atoms with Crippen molar-refractivity contribution in [1.82, 2.24) is 5.32 Å². The molecule has 23 heavy (non-hydrogen) atoms. The first-order chi connectivity index (χ1) is 10.2. The van der Waals surface area contributed by atoms with Gasteiger partial charge in [0.1, 0.15) is 0 Å². The minimum absolute atomic E-state index is 0.0677. The maximum Gasteiger partial charge on any atom is 0.325 e. The third-order valence-electron chi connectivity index (χ3n) is 3.41. The van der Waals surface area contributed by atoms with Crippen LogP contribution in [-0.4, -0.2) is 45.0 Å². The Morgan fingerprint density at radius 2 is 1.61 bits per heavy atom. The molecule has 0 saturated heterocycles. The molecule has 0 heterocycles. The maximum absolute atomic E-state index is 11.4. The Balaban J connectivity index is 4.19. The van der Waals surface area contributed by atoms with Gasteiger partial charge in [-0.2, -0.15) is 0 Å². The Morgan fingerprint density at radius 3 is 2.04 bits per heavy atom. The fourth-order valence-electron chi connectivity index (χ4n) is 2.43. The molecule has 1 amide bonds. The second-order valence-electron chi connectivity index (χ2n) is 7.25. The van der Waals surface area contributed by atoms with Crippen molar-refractivity contribution >= 4 is 30.1 Å². The van der Waals surface area contributed by atoms with E-state index in [9.17, 15) is 9.36 Å². The minimum Gasteiger partial charge on any atom is -0.455 e. The smallest absolute Gasteiger partial charge is 0.325 e. The number of hydrogen-bond acceptors (Lipinski definition) is 3. The van der Waals surface area contributed by atoms with Crippen molar-refractivity contribution in [2.24, 2.45) is 0 Å². The summed E-state index contributed by atoms with van der Waals surface area (Å²) in [6, 6.07) is 1.69. The van der Waals surface area contributed by atoms with E-state index in [2.05, 4.69) is 38.1 Å². The van der Waals surface area contributed by atoms with Crippen molar-refractivity contribution in [3.63, 3.8) is 0 Å². The molecule has 0 rings (SSSR count). The second-order valence-corrected chi connectivity index (χ2v) is 17.9. The standard InChI is InChI=1S/C14H32NO5PSi2/c1-13(2)14(16)15-9-7-11-22(3,4)20-23(5,6)12-8-10-21(17,18)19/h1,7-12H2,2-6H3,(H,15,16)(H2,17,18,19). The lowest BCUT2D eigenvalue weighted by atomic mass is 10.3. The maximum atomic E-state index is 11.4. The van der Waals surface area contributed by atoms with E-state index in [4.69, 9.17) is 13.9 Å². The van der Waals surface area contributed by atoms with Gasteiger partial charge in [0.15, 0.2) is 16.6 Å². The van der Waals surface area contributed by atoms with Gasteiger partial charge >= 0.3 is 7.60 Å². The first-order valence-corrected chi connectivity index (χ1v) is 16.0. The molecule has 0 aliphatic rings. The van der Waals surface area contributed by atoms with E-state index in [1.807, 2.05) is 0 Å². The molecule has 6 nitrogen and oxygen atoms in total. The molecule has 0 aromatic carbocycles. The third-order valence-corrected chi connectivity index (χ3v) is 11.8. The summed E-state index contributed by atoms with van der Waals surface area (Å²) >= 11 is 0. The number of carbonyl (C=O) groups excluding carboxylic acids is 1. The number of nitrogens with one attached hydrogen (secondary N) is 1. The molecule has 0 spiro atoms. The van der Waals surface area contributed by atoms with Gasteiger partial charge in [-0.05, 0) is 58.0 Å². The number of rotatable bonds is 11. The SMILES string of the molecule is C=C(C)C(=O)NCCC[Si](C)(C)O[Si](C)(C)CCCP(=O)(O)O. The molecule has 0 aliphatic heterocycles. The Morgan fingerprint density at radius 1 is 1.13 bits per heavy atom. The van der Waals surface area contributed by atoms with Crippen molar-refractivity contribution in [3.05, 3.63) is 12.2 Å². The van der Waals surface area contributed by atoms with E-state index < -0.39 is 24.2 Å². The van der Waals surface area contributed by atoms with Crippen LogP contribution >= 0.6 is 7.60 Å². The number of hydrogen-bond donors (Lipinski definition) is 3. The quantitative estimate of drug-likeness (QED) is 0.221. The van der Waals surface area contributed by atoms with Crippen molar-refractivity contribution in [1.29, 1.82) is 0 Å². The summed E-state index contributed by atoms with van der Waals surface area (Å²) in [6.07, 6.45) is 1.30. The molecule has 0 aromatic heterocycles. The highest BCUT2D eigenvalue weighted by Crippen LogP contribution is 2.36. The molecule has 0 radical (unpaired) electrons. The third kappa shape index (κ3) is 12.8. The van der Waals surface area contributed by atoms with Gasteiger partial charge in [0.25, 0.3) is 0 Å². The summed E-state index contributed by atoms with van der Waals surface area (Å²) < 4.78 is 17.3. The first kappa shape index (κ1) is 22.8. The van der Waals surface area contributed by atoms with Crippen LogP contribution < -0.4 is 5.32 Å². The average Bonchev–Trinajstić information content (AvgIpc) is 2.30. The number of carbonyl (C=O) groups is 1. The molecule has 3 N–H and O–H groups in total. The molecule has 0 atom stereocenters. The van der Waals surface area contributed by atoms with Gasteiger partial charge in [-0.15, -0.1) is 0 Å². The lowest BCUT2D eigenvalue weighted by Gasteiger charge is -2.34. The van der Waals surface area contributed by atoms with Crippen molar-refractivity contribution < 1.29 is 23.3 Å². The molecule has 0 fully saturated rings. The summed E-state index contributed by atoms with van der Waals surface area (Å²) in [4.78, 5) is 29.3. The Labute approximate surface area is 142 Å². The lowest BCUT2D eigenvalue weighted by molar-refractivity contribution is -0.117. The summed E-state index contributed by atoms with van der Waals surface area (Å²) in [5.74, 6) is -0.113. The van der Waals surface area contributed by atoms with Crippen LogP contribution in [0.5, 0.6) is 0 Å². The van der Waals surface area contributed by atoms with E-state index in [1.54, 1.807) is 6.92 Å². The van der Waals surface area contributed by atoms with Crippen molar-refractivity contribution in [2.45, 2.75) is 58.0 Å². The topological polar surface area (TPSA) is 95.9 Å². The zero-order chi connectivity index (χ0) is 18.3. The molecule has 0 aromatic rings. The van der Waals surface area contributed by atoms with Crippen LogP contribution in [0.1, 0.15) is 19.8 Å². The Bertz CT molecular complexity index is 462. The average molecular weight is 382 g/mol. The fourth-order valence-corrected chi connectivity index (χ4v) is 12.2. The molecule has 0 unspecified atom stereocenters. The Hall–Kier alpha value is -0.246. The lowest BCUT2D eigenvalue weighted by Crippen LogP contribution is -2.44. The van der Waals surface area contributed by atoms with Crippen molar-refractivity contribution in [3.8, 4) is 0 Å². The molecule has 136 valence electrons. The van der Waals surface area contributed by atoms with E-state index in [0.29, 0.717) is 18.5 Å². The highest BCUT2D eigenvalue weighted by molar-refractivity contribution is 7.51. The van der Waals surface area contributed by atoms with E-state index >= 15 is 0 Å². The van der Waals surface area contributed by atoms with Gasteiger partial charge in [-0.1, -0.05) is 6.58 Å². The normalized spacial score (nSPS) is 13.0. The zero-order valence-electron chi connectivity index (χ0n) is 15.0. The van der Waals surface area contributed by atoms with Gasteiger partial charge in [-0.25, -0.2) is 0 Å². The van der Waals surface area contributed by atoms with Gasteiger partial charge in [0, 0.05) is 18.3 Å². The monoisotopic (exact) mass is 381 g/mol. The van der Waals surface area contributed by atoms with E-state index in [0.717, 1.165) is 18.5 Å². The van der Waals surface area contributed by atoms with Crippen LogP contribution in [0.4, 0.5) is 0 Å².